The Balaban J connectivity index is -0.000000102. The number of rotatable bonds is 1. The molecule has 1 heterocycles. The van der Waals surface area contributed by atoms with Crippen LogP contribution in [-0.4, -0.2) is 24.5 Å². The third-order valence-corrected chi connectivity index (χ3v) is 2.90. The predicted molar refractivity (Wildman–Crippen MR) is 114 cm³/mol. The van der Waals surface area contributed by atoms with E-state index in [4.69, 9.17) is 0 Å². The molecular formula is C22H53N. The number of hydrogen-bond donors (Lipinski definition) is 0. The lowest BCUT2D eigenvalue weighted by Gasteiger charge is -2.08. The van der Waals surface area contributed by atoms with E-state index in [1.807, 2.05) is 13.8 Å². The monoisotopic (exact) mass is 331 g/mol. The third-order valence-electron chi connectivity index (χ3n) is 2.90. The first-order valence-electron chi connectivity index (χ1n) is 10.1. The van der Waals surface area contributed by atoms with Gasteiger partial charge in [-0.05, 0) is 44.3 Å². The van der Waals surface area contributed by atoms with Gasteiger partial charge >= 0.3 is 0 Å². The molecule has 2 aliphatic rings. The van der Waals surface area contributed by atoms with E-state index in [0.717, 1.165) is 11.8 Å². The lowest BCUT2D eigenvalue weighted by atomic mass is 10.3. The van der Waals surface area contributed by atoms with Gasteiger partial charge in [-0.15, -0.1) is 0 Å². The van der Waals surface area contributed by atoms with Gasteiger partial charge in [0.15, 0.2) is 0 Å². The van der Waals surface area contributed by atoms with E-state index >= 15 is 0 Å². The van der Waals surface area contributed by atoms with Crippen molar-refractivity contribution in [2.45, 2.75) is 115 Å². The molecule has 1 aliphatic heterocycles. The fourth-order valence-electron chi connectivity index (χ4n) is 1.98. The van der Waals surface area contributed by atoms with Crippen molar-refractivity contribution in [3.05, 3.63) is 0 Å². The summed E-state index contributed by atoms with van der Waals surface area (Å²) in [5.74, 6) is 1.67. The van der Waals surface area contributed by atoms with Crippen molar-refractivity contribution in [3.8, 4) is 0 Å². The van der Waals surface area contributed by atoms with Crippen molar-refractivity contribution in [2.75, 3.05) is 19.6 Å². The molecule has 0 aromatic rings. The molecular weight excluding hydrogens is 278 g/mol. The van der Waals surface area contributed by atoms with Crippen molar-refractivity contribution < 1.29 is 0 Å². The maximum atomic E-state index is 2.49. The van der Waals surface area contributed by atoms with Crippen LogP contribution in [0.5, 0.6) is 0 Å². The molecule has 146 valence electrons. The highest BCUT2D eigenvalue weighted by Gasteiger charge is 2.06. The van der Waals surface area contributed by atoms with Crippen LogP contribution in [0.15, 0.2) is 0 Å². The molecule has 0 unspecified atom stereocenters. The van der Waals surface area contributed by atoms with Crippen molar-refractivity contribution in [1.82, 2.24) is 4.90 Å². The fourth-order valence-corrected chi connectivity index (χ4v) is 1.98. The molecule has 1 nitrogen and oxygen atoms in total. The summed E-state index contributed by atoms with van der Waals surface area (Å²) in [7, 11) is 0. The van der Waals surface area contributed by atoms with Crippen molar-refractivity contribution in [1.29, 1.82) is 0 Å². The molecule has 1 saturated carbocycles. The Morgan fingerprint density at radius 2 is 0.826 bits per heavy atom. The van der Waals surface area contributed by atoms with Gasteiger partial charge in [-0.25, -0.2) is 0 Å². The maximum absolute atomic E-state index is 2.49. The topological polar surface area (TPSA) is 3.24 Å². The van der Waals surface area contributed by atoms with Gasteiger partial charge in [-0.3, -0.25) is 0 Å². The fraction of sp³-hybridized carbons (Fsp3) is 1.00. The first-order chi connectivity index (χ1) is 10.4. The van der Waals surface area contributed by atoms with Crippen LogP contribution < -0.4 is 0 Å². The van der Waals surface area contributed by atoms with E-state index in [-0.39, 0.29) is 7.43 Å². The predicted octanol–water partition coefficient (Wildman–Crippen LogP) is 8.04. The van der Waals surface area contributed by atoms with Crippen molar-refractivity contribution >= 4 is 0 Å². The Morgan fingerprint density at radius 1 is 0.609 bits per heavy atom. The van der Waals surface area contributed by atoms with Gasteiger partial charge in [0.05, 0.1) is 0 Å². The normalized spacial score (nSPS) is 15.8. The molecule has 1 heteroatoms. The molecule has 0 atom stereocenters. The van der Waals surface area contributed by atoms with Crippen LogP contribution in [0, 0.1) is 11.8 Å². The lowest BCUT2D eigenvalue weighted by molar-refractivity contribution is 0.359. The van der Waals surface area contributed by atoms with E-state index in [9.17, 15) is 0 Å². The molecule has 2 rings (SSSR count). The summed E-state index contributed by atoms with van der Waals surface area (Å²) in [5.41, 5.74) is 0. The molecule has 0 N–H and O–H groups in total. The molecule has 0 bridgehead atoms. The Morgan fingerprint density at radius 3 is 0.957 bits per heavy atom. The first kappa shape index (κ1) is 30.8. The number of nitrogens with zero attached hydrogens (tertiary/aromatic N) is 1. The largest absolute Gasteiger partial charge is 0.304 e. The van der Waals surface area contributed by atoms with Crippen LogP contribution >= 0.6 is 0 Å². The summed E-state index contributed by atoms with van der Waals surface area (Å²) < 4.78 is 0. The maximum Gasteiger partial charge on any atom is -0.00184 e. The second-order valence-corrected chi connectivity index (χ2v) is 7.37. The zero-order chi connectivity index (χ0) is 17.8. The minimum Gasteiger partial charge on any atom is -0.304 e. The minimum atomic E-state index is 0. The molecule has 0 aromatic heterocycles. The second kappa shape index (κ2) is 26.8. The summed E-state index contributed by atoms with van der Waals surface area (Å²) in [6, 6.07) is 0. The number of hydrogen-bond acceptors (Lipinski definition) is 1. The average Bonchev–Trinajstić information content (AvgIpc) is 3.16. The van der Waals surface area contributed by atoms with Crippen molar-refractivity contribution in [2.24, 2.45) is 11.8 Å². The zero-order valence-corrected chi connectivity index (χ0v) is 17.7. The number of likely N-dealkylation sites (tertiary alicyclic amines) is 1. The molecule has 1 aliphatic carbocycles. The summed E-state index contributed by atoms with van der Waals surface area (Å²) in [4.78, 5) is 2.49. The van der Waals surface area contributed by atoms with Crippen LogP contribution in [-0.2, 0) is 0 Å². The zero-order valence-electron chi connectivity index (χ0n) is 17.7. The van der Waals surface area contributed by atoms with Crippen LogP contribution in [0.3, 0.4) is 0 Å². The second-order valence-electron chi connectivity index (χ2n) is 7.37. The third kappa shape index (κ3) is 44.9. The van der Waals surface area contributed by atoms with E-state index < -0.39 is 0 Å². The highest BCUT2D eigenvalue weighted by molar-refractivity contribution is 4.62. The average molecular weight is 332 g/mol. The quantitative estimate of drug-likeness (QED) is 0.470. The van der Waals surface area contributed by atoms with Crippen molar-refractivity contribution in [3.63, 3.8) is 0 Å². The highest BCUT2D eigenvalue weighted by Crippen LogP contribution is 2.15. The molecule has 23 heavy (non-hydrogen) atoms. The van der Waals surface area contributed by atoms with E-state index in [1.54, 1.807) is 0 Å². The smallest absolute Gasteiger partial charge is 0.00184 e. The Labute approximate surface area is 151 Å². The molecule has 2 fully saturated rings. The van der Waals surface area contributed by atoms with E-state index in [2.05, 4.69) is 53.4 Å². The lowest BCUT2D eigenvalue weighted by Crippen LogP contribution is -2.17. The Kier molecular flexibility index (Phi) is 35.9. The van der Waals surface area contributed by atoms with Gasteiger partial charge in [0.1, 0.15) is 0 Å². The first-order valence-corrected chi connectivity index (χ1v) is 10.1. The molecule has 0 radical (unpaired) electrons. The SMILES string of the molecule is C.C1CCCC1.CC.CC(C)C.CC(C)C.CCN1CCCC1. The standard InChI is InChI=1S/C6H13N.C5H10.2C4H10.C2H6.CH4/c1-2-7-5-3-4-6-7;1-2-4-5-3-1;2*1-4(2)3;1-2;/h2-6H2,1H3;1-5H2;2*4H,1-3H3;1-2H3;1H4. The molecule has 0 spiro atoms. The van der Waals surface area contributed by atoms with E-state index in [1.165, 1.54) is 64.6 Å². The highest BCUT2D eigenvalue weighted by atomic mass is 15.1. The van der Waals surface area contributed by atoms with Crippen LogP contribution in [0.4, 0.5) is 0 Å². The van der Waals surface area contributed by atoms with Crippen LogP contribution in [0.25, 0.3) is 0 Å². The molecule has 0 amide bonds. The van der Waals surface area contributed by atoms with Gasteiger partial charge in [0.2, 0.25) is 0 Å². The van der Waals surface area contributed by atoms with Gasteiger partial charge < -0.3 is 4.90 Å². The van der Waals surface area contributed by atoms with Crippen LogP contribution in [0.2, 0.25) is 0 Å². The Bertz CT molecular complexity index is 134. The summed E-state index contributed by atoms with van der Waals surface area (Å²) >= 11 is 0. The summed E-state index contributed by atoms with van der Waals surface area (Å²) in [5, 5.41) is 0. The van der Waals surface area contributed by atoms with Gasteiger partial charge in [0, 0.05) is 0 Å². The van der Waals surface area contributed by atoms with Gasteiger partial charge in [-0.2, -0.15) is 0 Å². The molecule has 1 saturated heterocycles. The van der Waals surface area contributed by atoms with E-state index in [0.29, 0.717) is 0 Å². The van der Waals surface area contributed by atoms with Crippen LogP contribution in [0.1, 0.15) is 115 Å². The minimum absolute atomic E-state index is 0. The summed E-state index contributed by atoms with van der Waals surface area (Å²) in [6.07, 6.45) is 10.3. The summed E-state index contributed by atoms with van der Waals surface area (Å²) in [6.45, 7) is 23.2. The van der Waals surface area contributed by atoms with Gasteiger partial charge in [-0.1, -0.05) is 102 Å². The molecule has 0 aromatic carbocycles. The van der Waals surface area contributed by atoms with Gasteiger partial charge in [0.25, 0.3) is 0 Å². The Hall–Kier alpha value is -0.0400.